The number of rotatable bonds is 8. The molecule has 0 spiro atoms. The normalized spacial score (nSPS) is 11.9. The van der Waals surface area contributed by atoms with Crippen LogP contribution in [-0.4, -0.2) is 31.4 Å². The van der Waals surface area contributed by atoms with Gasteiger partial charge in [-0.3, -0.25) is 4.79 Å². The van der Waals surface area contributed by atoms with Crippen LogP contribution in [0.25, 0.3) is 11.3 Å². The van der Waals surface area contributed by atoms with E-state index in [-0.39, 0.29) is 17.8 Å². The molecule has 1 atom stereocenters. The summed E-state index contributed by atoms with van der Waals surface area (Å²) in [4.78, 5) is 17.1. The number of thioether (sulfide) groups is 1. The Balaban J connectivity index is 1.34. The number of aromatic nitrogens is 4. The van der Waals surface area contributed by atoms with Crippen molar-refractivity contribution in [2.24, 2.45) is 7.05 Å². The Morgan fingerprint density at radius 3 is 2.68 bits per heavy atom. The molecule has 1 N–H and O–H groups in total. The van der Waals surface area contributed by atoms with Crippen LogP contribution in [0.4, 0.5) is 5.13 Å². The summed E-state index contributed by atoms with van der Waals surface area (Å²) in [6, 6.07) is 14.1. The summed E-state index contributed by atoms with van der Waals surface area (Å²) in [6.45, 7) is 8.11. The van der Waals surface area contributed by atoms with E-state index in [0.717, 1.165) is 22.6 Å². The Labute approximate surface area is 207 Å². The fourth-order valence-electron chi connectivity index (χ4n) is 3.39. The zero-order valence-electron chi connectivity index (χ0n) is 19.8. The number of hydrogen-bond acceptors (Lipinski definition) is 7. The SMILES string of the molecule is Cc1ccc(-c2csc(NC(=O)CSc3nnc(C(C)Oc4ccccc4C)n3C)n2)cc1C. The van der Waals surface area contributed by atoms with Crippen LogP contribution < -0.4 is 10.1 Å². The predicted octanol–water partition coefficient (Wildman–Crippen LogP) is 5.73. The number of para-hydroxylation sites is 1. The maximum Gasteiger partial charge on any atom is 0.236 e. The summed E-state index contributed by atoms with van der Waals surface area (Å²) < 4.78 is 7.93. The van der Waals surface area contributed by atoms with E-state index in [9.17, 15) is 4.79 Å². The highest BCUT2D eigenvalue weighted by Crippen LogP contribution is 2.28. The van der Waals surface area contributed by atoms with Crippen molar-refractivity contribution < 1.29 is 9.53 Å². The number of carbonyl (C=O) groups is 1. The van der Waals surface area contributed by atoms with Gasteiger partial charge in [0.1, 0.15) is 5.75 Å². The van der Waals surface area contributed by atoms with Gasteiger partial charge in [0.2, 0.25) is 5.91 Å². The van der Waals surface area contributed by atoms with Gasteiger partial charge >= 0.3 is 0 Å². The molecule has 0 fully saturated rings. The third kappa shape index (κ3) is 5.48. The van der Waals surface area contributed by atoms with Crippen molar-refractivity contribution in [3.05, 3.63) is 70.4 Å². The number of anilines is 1. The van der Waals surface area contributed by atoms with Crippen LogP contribution >= 0.6 is 23.1 Å². The predicted molar refractivity (Wildman–Crippen MR) is 138 cm³/mol. The summed E-state index contributed by atoms with van der Waals surface area (Å²) in [5.41, 5.74) is 5.42. The second-order valence-electron chi connectivity index (χ2n) is 8.10. The average Bonchev–Trinajstić information content (AvgIpc) is 3.42. The van der Waals surface area contributed by atoms with E-state index in [1.165, 1.54) is 34.2 Å². The molecule has 0 aliphatic rings. The molecule has 0 bridgehead atoms. The highest BCUT2D eigenvalue weighted by molar-refractivity contribution is 7.99. The van der Waals surface area contributed by atoms with Crippen molar-refractivity contribution in [1.82, 2.24) is 19.7 Å². The molecule has 0 aliphatic carbocycles. The van der Waals surface area contributed by atoms with Crippen LogP contribution in [0, 0.1) is 20.8 Å². The Kier molecular flexibility index (Phi) is 7.33. The van der Waals surface area contributed by atoms with Gasteiger partial charge < -0.3 is 14.6 Å². The van der Waals surface area contributed by atoms with Gasteiger partial charge in [-0.25, -0.2) is 4.98 Å². The van der Waals surface area contributed by atoms with E-state index in [2.05, 4.69) is 46.5 Å². The van der Waals surface area contributed by atoms with Gasteiger partial charge in [-0.15, -0.1) is 21.5 Å². The molecule has 0 saturated carbocycles. The molecule has 176 valence electrons. The zero-order valence-corrected chi connectivity index (χ0v) is 21.5. The maximum absolute atomic E-state index is 12.5. The fraction of sp³-hybridized carbons (Fsp3) is 0.280. The van der Waals surface area contributed by atoms with E-state index in [1.54, 1.807) is 0 Å². The van der Waals surface area contributed by atoms with E-state index < -0.39 is 0 Å². The van der Waals surface area contributed by atoms with Gasteiger partial charge in [0.15, 0.2) is 22.2 Å². The van der Waals surface area contributed by atoms with Crippen molar-refractivity contribution in [2.45, 2.75) is 39.0 Å². The molecule has 1 unspecified atom stereocenters. The first kappa shape index (κ1) is 24.0. The minimum absolute atomic E-state index is 0.139. The minimum Gasteiger partial charge on any atom is -0.482 e. The molecule has 0 saturated heterocycles. The summed E-state index contributed by atoms with van der Waals surface area (Å²) in [6.07, 6.45) is -0.277. The molecule has 7 nitrogen and oxygen atoms in total. The molecular weight excluding hydrogens is 466 g/mol. The number of ether oxygens (including phenoxy) is 1. The third-order valence-electron chi connectivity index (χ3n) is 5.52. The number of carbonyl (C=O) groups excluding carboxylic acids is 1. The number of hydrogen-bond donors (Lipinski definition) is 1. The van der Waals surface area contributed by atoms with Crippen LogP contribution in [0.3, 0.4) is 0 Å². The molecule has 2 heterocycles. The minimum atomic E-state index is -0.277. The second kappa shape index (κ2) is 10.4. The van der Waals surface area contributed by atoms with Gasteiger partial charge in [-0.2, -0.15) is 0 Å². The molecule has 2 aromatic heterocycles. The first-order chi connectivity index (χ1) is 16.3. The Hall–Kier alpha value is -3.17. The Bertz CT molecular complexity index is 1310. The van der Waals surface area contributed by atoms with E-state index in [1.807, 2.05) is 61.2 Å². The third-order valence-corrected chi connectivity index (χ3v) is 7.29. The van der Waals surface area contributed by atoms with Gasteiger partial charge in [0.05, 0.1) is 11.4 Å². The molecule has 0 radical (unpaired) electrons. The summed E-state index contributed by atoms with van der Waals surface area (Å²) >= 11 is 2.74. The molecule has 0 aliphatic heterocycles. The topological polar surface area (TPSA) is 81.9 Å². The van der Waals surface area contributed by atoms with Gasteiger partial charge in [0, 0.05) is 18.0 Å². The van der Waals surface area contributed by atoms with Crippen molar-refractivity contribution in [2.75, 3.05) is 11.1 Å². The molecule has 2 aromatic carbocycles. The smallest absolute Gasteiger partial charge is 0.236 e. The van der Waals surface area contributed by atoms with Crippen LogP contribution in [0.5, 0.6) is 5.75 Å². The lowest BCUT2D eigenvalue weighted by molar-refractivity contribution is -0.113. The number of nitrogens with one attached hydrogen (secondary N) is 1. The number of aryl methyl sites for hydroxylation is 3. The lowest BCUT2D eigenvalue weighted by Crippen LogP contribution is -2.14. The van der Waals surface area contributed by atoms with Crippen molar-refractivity contribution in [3.8, 4) is 17.0 Å². The van der Waals surface area contributed by atoms with Gasteiger partial charge in [-0.1, -0.05) is 42.1 Å². The monoisotopic (exact) mass is 493 g/mol. The number of nitrogens with zero attached hydrogens (tertiary/aromatic N) is 4. The quantitative estimate of drug-likeness (QED) is 0.316. The van der Waals surface area contributed by atoms with Crippen LogP contribution in [0.15, 0.2) is 53.0 Å². The first-order valence-corrected chi connectivity index (χ1v) is 12.8. The number of amides is 1. The van der Waals surface area contributed by atoms with Crippen LogP contribution in [-0.2, 0) is 11.8 Å². The highest BCUT2D eigenvalue weighted by Gasteiger charge is 2.19. The molecule has 1 amide bonds. The lowest BCUT2D eigenvalue weighted by Gasteiger charge is -2.15. The van der Waals surface area contributed by atoms with Gasteiger partial charge in [0.25, 0.3) is 0 Å². The summed E-state index contributed by atoms with van der Waals surface area (Å²) in [7, 11) is 1.88. The lowest BCUT2D eigenvalue weighted by atomic mass is 10.1. The highest BCUT2D eigenvalue weighted by atomic mass is 32.2. The first-order valence-electron chi connectivity index (χ1n) is 10.9. The largest absolute Gasteiger partial charge is 0.482 e. The summed E-state index contributed by atoms with van der Waals surface area (Å²) in [5, 5.41) is 14.6. The number of benzene rings is 2. The van der Waals surface area contributed by atoms with Crippen molar-refractivity contribution in [1.29, 1.82) is 0 Å². The molecule has 4 aromatic rings. The van der Waals surface area contributed by atoms with Crippen LogP contribution in [0.1, 0.15) is 35.5 Å². The standard InChI is InChI=1S/C25H27N5O2S2/c1-15-10-11-19(12-17(15)3)20-13-33-24(26-20)27-22(31)14-34-25-29-28-23(30(25)5)18(4)32-21-9-7-6-8-16(21)2/h6-13,18H,14H2,1-5H3,(H,26,27,31). The van der Waals surface area contributed by atoms with E-state index >= 15 is 0 Å². The number of thiazole rings is 1. The second-order valence-corrected chi connectivity index (χ2v) is 9.90. The molecular formula is C25H27N5O2S2. The zero-order chi connectivity index (χ0) is 24.2. The Morgan fingerprint density at radius 2 is 1.91 bits per heavy atom. The van der Waals surface area contributed by atoms with E-state index in [0.29, 0.717) is 16.1 Å². The maximum atomic E-state index is 12.5. The molecule has 4 rings (SSSR count). The van der Waals surface area contributed by atoms with Gasteiger partial charge in [-0.05, 0) is 56.5 Å². The average molecular weight is 494 g/mol. The van der Waals surface area contributed by atoms with E-state index in [4.69, 9.17) is 4.74 Å². The van der Waals surface area contributed by atoms with Crippen molar-refractivity contribution >= 4 is 34.1 Å². The molecule has 9 heteroatoms. The molecule has 34 heavy (non-hydrogen) atoms. The van der Waals surface area contributed by atoms with Crippen molar-refractivity contribution in [3.63, 3.8) is 0 Å². The summed E-state index contributed by atoms with van der Waals surface area (Å²) in [5.74, 6) is 1.58. The fourth-order valence-corrected chi connectivity index (χ4v) is 4.84. The Morgan fingerprint density at radius 1 is 1.12 bits per heavy atom. The van der Waals surface area contributed by atoms with Crippen LogP contribution in [0.2, 0.25) is 0 Å².